The van der Waals surface area contributed by atoms with E-state index in [0.717, 1.165) is 40.5 Å². The molecule has 1 atom stereocenters. The molecule has 22 heavy (non-hydrogen) atoms. The molecule has 1 aromatic carbocycles. The third kappa shape index (κ3) is 2.40. The van der Waals surface area contributed by atoms with Crippen molar-refractivity contribution in [2.24, 2.45) is 0 Å². The van der Waals surface area contributed by atoms with Crippen LogP contribution in [0, 0.1) is 0 Å². The van der Waals surface area contributed by atoms with Gasteiger partial charge in [0.25, 0.3) is 0 Å². The van der Waals surface area contributed by atoms with Crippen molar-refractivity contribution in [1.82, 2.24) is 20.2 Å². The zero-order valence-electron chi connectivity index (χ0n) is 11.7. The van der Waals surface area contributed by atoms with Crippen molar-refractivity contribution >= 4 is 28.5 Å². The predicted octanol–water partition coefficient (Wildman–Crippen LogP) is 2.58. The van der Waals surface area contributed by atoms with Gasteiger partial charge in [-0.05, 0) is 17.7 Å². The molecular weight excluding hydrogens is 302 g/mol. The van der Waals surface area contributed by atoms with E-state index in [1.165, 1.54) is 0 Å². The Balaban J connectivity index is 1.63. The van der Waals surface area contributed by atoms with Crippen LogP contribution in [0.25, 0.3) is 11.0 Å². The van der Waals surface area contributed by atoms with E-state index in [1.54, 1.807) is 12.5 Å². The van der Waals surface area contributed by atoms with Crippen LogP contribution in [0.1, 0.15) is 11.7 Å². The van der Waals surface area contributed by atoms with Crippen molar-refractivity contribution in [3.05, 3.63) is 47.4 Å². The molecule has 7 heteroatoms. The van der Waals surface area contributed by atoms with E-state index in [1.807, 2.05) is 24.3 Å². The molecule has 0 radical (unpaired) electrons. The third-order valence-electron chi connectivity index (χ3n) is 3.83. The van der Waals surface area contributed by atoms with Crippen molar-refractivity contribution in [2.75, 3.05) is 24.6 Å². The summed E-state index contributed by atoms with van der Waals surface area (Å²) in [6, 6.07) is 7.78. The molecule has 0 amide bonds. The summed E-state index contributed by atoms with van der Waals surface area (Å²) in [5.74, 6) is 0.890. The molecule has 1 aliphatic rings. The molecule has 2 aromatic heterocycles. The Morgan fingerprint density at radius 3 is 2.95 bits per heavy atom. The Morgan fingerprint density at radius 2 is 2.09 bits per heavy atom. The van der Waals surface area contributed by atoms with Crippen molar-refractivity contribution < 1.29 is 4.74 Å². The molecule has 3 heterocycles. The fourth-order valence-electron chi connectivity index (χ4n) is 2.72. The highest BCUT2D eigenvalue weighted by molar-refractivity contribution is 6.30. The number of hydrogen-bond acceptors (Lipinski definition) is 5. The number of nitrogens with zero attached hydrogens (tertiary/aromatic N) is 4. The van der Waals surface area contributed by atoms with E-state index >= 15 is 0 Å². The fourth-order valence-corrected chi connectivity index (χ4v) is 2.85. The van der Waals surface area contributed by atoms with Gasteiger partial charge in [-0.3, -0.25) is 5.10 Å². The lowest BCUT2D eigenvalue weighted by Gasteiger charge is -2.34. The predicted molar refractivity (Wildman–Crippen MR) is 84.0 cm³/mol. The lowest BCUT2D eigenvalue weighted by atomic mass is 10.1. The minimum absolute atomic E-state index is 0.00272. The summed E-state index contributed by atoms with van der Waals surface area (Å²) in [4.78, 5) is 10.8. The van der Waals surface area contributed by atoms with Crippen LogP contribution in [0.5, 0.6) is 0 Å². The van der Waals surface area contributed by atoms with Gasteiger partial charge in [-0.25, -0.2) is 9.97 Å². The molecule has 0 spiro atoms. The van der Waals surface area contributed by atoms with Gasteiger partial charge >= 0.3 is 0 Å². The molecule has 1 N–H and O–H groups in total. The Kier molecular flexibility index (Phi) is 3.40. The molecule has 0 aliphatic carbocycles. The van der Waals surface area contributed by atoms with Gasteiger partial charge in [0.2, 0.25) is 0 Å². The second-order valence-electron chi connectivity index (χ2n) is 5.19. The van der Waals surface area contributed by atoms with Crippen LogP contribution in [-0.4, -0.2) is 39.9 Å². The highest BCUT2D eigenvalue weighted by atomic mass is 35.5. The molecule has 1 aliphatic heterocycles. The Labute approximate surface area is 132 Å². The van der Waals surface area contributed by atoms with Gasteiger partial charge in [0.1, 0.15) is 18.2 Å². The van der Waals surface area contributed by atoms with Gasteiger partial charge in [-0.2, -0.15) is 5.10 Å². The van der Waals surface area contributed by atoms with E-state index < -0.39 is 0 Å². The van der Waals surface area contributed by atoms with Crippen molar-refractivity contribution in [2.45, 2.75) is 6.10 Å². The molecule has 0 bridgehead atoms. The molecule has 1 fully saturated rings. The van der Waals surface area contributed by atoms with Crippen molar-refractivity contribution in [3.8, 4) is 0 Å². The molecule has 3 aromatic rings. The Morgan fingerprint density at radius 1 is 1.23 bits per heavy atom. The Bertz CT molecular complexity index is 788. The van der Waals surface area contributed by atoms with Gasteiger partial charge in [0.05, 0.1) is 18.2 Å². The number of hydrogen-bond donors (Lipinski definition) is 1. The second kappa shape index (κ2) is 5.55. The quantitative estimate of drug-likeness (QED) is 0.787. The summed E-state index contributed by atoms with van der Waals surface area (Å²) in [6.45, 7) is 2.18. The number of rotatable bonds is 2. The standard InChI is InChI=1S/C15H14ClN5O/c16-11-3-1-10(2-4-11)13-8-21(5-6-22-13)15-12-7-19-20-14(12)17-9-18-15/h1-4,7,9,13H,5-6,8H2,(H,17,18,19,20)/t13-/m1/s1. The number of nitrogens with one attached hydrogen (secondary N) is 1. The Hall–Kier alpha value is -2.18. The summed E-state index contributed by atoms with van der Waals surface area (Å²) in [5.41, 5.74) is 1.87. The van der Waals surface area contributed by atoms with Gasteiger partial charge < -0.3 is 9.64 Å². The smallest absolute Gasteiger partial charge is 0.160 e. The van der Waals surface area contributed by atoms with Crippen LogP contribution in [-0.2, 0) is 4.74 Å². The zero-order chi connectivity index (χ0) is 14.9. The number of morpholine rings is 1. The van der Waals surface area contributed by atoms with E-state index in [0.29, 0.717) is 6.61 Å². The molecule has 1 saturated heterocycles. The monoisotopic (exact) mass is 315 g/mol. The van der Waals surface area contributed by atoms with E-state index in [9.17, 15) is 0 Å². The number of benzene rings is 1. The first-order valence-corrected chi connectivity index (χ1v) is 7.45. The maximum absolute atomic E-state index is 5.95. The molecule has 0 unspecified atom stereocenters. The van der Waals surface area contributed by atoms with Crippen LogP contribution < -0.4 is 4.90 Å². The largest absolute Gasteiger partial charge is 0.370 e. The van der Waals surface area contributed by atoms with Crippen molar-refractivity contribution in [1.29, 1.82) is 0 Å². The van der Waals surface area contributed by atoms with Crippen LogP contribution in [0.4, 0.5) is 5.82 Å². The first kappa shape index (κ1) is 13.5. The van der Waals surface area contributed by atoms with Gasteiger partial charge in [-0.15, -0.1) is 0 Å². The lowest BCUT2D eigenvalue weighted by Crippen LogP contribution is -2.39. The third-order valence-corrected chi connectivity index (χ3v) is 4.09. The van der Waals surface area contributed by atoms with Crippen LogP contribution in [0.2, 0.25) is 5.02 Å². The minimum Gasteiger partial charge on any atom is -0.370 e. The first-order chi connectivity index (χ1) is 10.8. The SMILES string of the molecule is Clc1ccc([C@H]2CN(c3ncnc4[nH]ncc34)CCO2)cc1. The fraction of sp³-hybridized carbons (Fsp3) is 0.267. The lowest BCUT2D eigenvalue weighted by molar-refractivity contribution is 0.0396. The van der Waals surface area contributed by atoms with E-state index in [2.05, 4.69) is 25.1 Å². The maximum Gasteiger partial charge on any atom is 0.160 e. The van der Waals surface area contributed by atoms with E-state index in [4.69, 9.17) is 16.3 Å². The van der Waals surface area contributed by atoms with Gasteiger partial charge in [-0.1, -0.05) is 23.7 Å². The summed E-state index contributed by atoms with van der Waals surface area (Å²) in [7, 11) is 0. The molecular formula is C15H14ClN5O. The number of H-pyrrole nitrogens is 1. The van der Waals surface area contributed by atoms with Gasteiger partial charge in [0.15, 0.2) is 5.65 Å². The second-order valence-corrected chi connectivity index (χ2v) is 5.62. The summed E-state index contributed by atoms with van der Waals surface area (Å²) >= 11 is 5.95. The highest BCUT2D eigenvalue weighted by Gasteiger charge is 2.24. The molecule has 0 saturated carbocycles. The zero-order valence-corrected chi connectivity index (χ0v) is 12.5. The minimum atomic E-state index is 0.00272. The summed E-state index contributed by atoms with van der Waals surface area (Å²) < 4.78 is 5.90. The van der Waals surface area contributed by atoms with Crippen LogP contribution in [0.15, 0.2) is 36.8 Å². The number of anilines is 1. The maximum atomic E-state index is 5.95. The number of halogens is 1. The summed E-state index contributed by atoms with van der Waals surface area (Å²) in [5, 5.41) is 8.58. The molecule has 112 valence electrons. The number of fused-ring (bicyclic) bond motifs is 1. The van der Waals surface area contributed by atoms with Crippen LogP contribution >= 0.6 is 11.6 Å². The normalized spacial score (nSPS) is 18.8. The first-order valence-electron chi connectivity index (χ1n) is 7.07. The van der Waals surface area contributed by atoms with Crippen molar-refractivity contribution in [3.63, 3.8) is 0 Å². The average molecular weight is 316 g/mol. The van der Waals surface area contributed by atoms with E-state index in [-0.39, 0.29) is 6.10 Å². The molecule has 6 nitrogen and oxygen atoms in total. The van der Waals surface area contributed by atoms with Crippen LogP contribution in [0.3, 0.4) is 0 Å². The number of aromatic amines is 1. The molecule has 4 rings (SSSR count). The number of aromatic nitrogens is 4. The summed E-state index contributed by atoms with van der Waals surface area (Å²) in [6.07, 6.45) is 3.32. The van der Waals surface area contributed by atoms with Gasteiger partial charge in [0, 0.05) is 18.1 Å². The average Bonchev–Trinajstić information content (AvgIpc) is 3.04. The highest BCUT2D eigenvalue weighted by Crippen LogP contribution is 2.28. The topological polar surface area (TPSA) is 66.9 Å². The number of ether oxygens (including phenoxy) is 1.